The topological polar surface area (TPSA) is 72.5 Å². The SMILES string of the molecule is NC(Cc1cc(Cl)ccc1OC1CCC1)C(=O)O. The quantitative estimate of drug-likeness (QED) is 0.860. The van der Waals surface area contributed by atoms with Gasteiger partial charge in [0.2, 0.25) is 0 Å². The summed E-state index contributed by atoms with van der Waals surface area (Å²) in [4.78, 5) is 10.8. The standard InChI is InChI=1S/C13H16ClNO3/c14-9-4-5-12(18-10-2-1-3-10)8(6-9)7-11(15)13(16)17/h4-6,10-11H,1-3,7,15H2,(H,16,17). The minimum absolute atomic E-state index is 0.220. The van der Waals surface area contributed by atoms with Gasteiger partial charge in [0.05, 0.1) is 6.10 Å². The zero-order valence-corrected chi connectivity index (χ0v) is 10.7. The Balaban J connectivity index is 2.14. The lowest BCUT2D eigenvalue weighted by atomic mass is 9.96. The van der Waals surface area contributed by atoms with Crippen molar-refractivity contribution in [2.45, 2.75) is 37.8 Å². The van der Waals surface area contributed by atoms with Crippen molar-refractivity contribution in [2.24, 2.45) is 5.73 Å². The summed E-state index contributed by atoms with van der Waals surface area (Å²) in [6, 6.07) is 4.31. The first-order valence-corrected chi connectivity index (χ1v) is 6.37. The van der Waals surface area contributed by atoms with Gasteiger partial charge in [0.15, 0.2) is 0 Å². The van der Waals surface area contributed by atoms with E-state index in [0.717, 1.165) is 18.4 Å². The molecule has 1 unspecified atom stereocenters. The fourth-order valence-corrected chi connectivity index (χ4v) is 2.01. The van der Waals surface area contributed by atoms with Crippen molar-refractivity contribution in [3.05, 3.63) is 28.8 Å². The summed E-state index contributed by atoms with van der Waals surface area (Å²) in [6.07, 6.45) is 3.74. The third-order valence-electron chi connectivity index (χ3n) is 3.13. The van der Waals surface area contributed by atoms with Gasteiger partial charge in [-0.05, 0) is 43.0 Å². The molecule has 0 amide bonds. The molecule has 0 aromatic heterocycles. The van der Waals surface area contributed by atoms with Gasteiger partial charge in [-0.3, -0.25) is 4.79 Å². The van der Waals surface area contributed by atoms with Crippen LogP contribution < -0.4 is 10.5 Å². The van der Waals surface area contributed by atoms with Crippen molar-refractivity contribution in [3.8, 4) is 5.75 Å². The fourth-order valence-electron chi connectivity index (χ4n) is 1.81. The number of carboxylic acid groups (broad SMARTS) is 1. The monoisotopic (exact) mass is 269 g/mol. The van der Waals surface area contributed by atoms with Gasteiger partial charge in [0.25, 0.3) is 0 Å². The highest BCUT2D eigenvalue weighted by molar-refractivity contribution is 6.30. The van der Waals surface area contributed by atoms with Gasteiger partial charge >= 0.3 is 5.97 Å². The molecule has 1 aromatic rings. The van der Waals surface area contributed by atoms with Crippen LogP contribution in [0.25, 0.3) is 0 Å². The van der Waals surface area contributed by atoms with Gasteiger partial charge in [-0.15, -0.1) is 0 Å². The Labute approximate surface area is 111 Å². The van der Waals surface area contributed by atoms with Crippen LogP contribution in [0.2, 0.25) is 5.02 Å². The molecule has 1 fully saturated rings. The zero-order valence-electron chi connectivity index (χ0n) is 9.93. The second-order valence-electron chi connectivity index (χ2n) is 4.57. The maximum atomic E-state index is 10.8. The van der Waals surface area contributed by atoms with Crippen LogP contribution in [-0.2, 0) is 11.2 Å². The molecule has 4 nitrogen and oxygen atoms in total. The van der Waals surface area contributed by atoms with Crippen LogP contribution in [0.1, 0.15) is 24.8 Å². The zero-order chi connectivity index (χ0) is 13.1. The fraction of sp³-hybridized carbons (Fsp3) is 0.462. The summed E-state index contributed by atoms with van der Waals surface area (Å²) in [6.45, 7) is 0. The average molecular weight is 270 g/mol. The molecule has 5 heteroatoms. The summed E-state index contributed by atoms with van der Waals surface area (Å²) >= 11 is 5.92. The number of benzene rings is 1. The first-order valence-electron chi connectivity index (χ1n) is 5.99. The molecule has 0 aliphatic heterocycles. The Bertz CT molecular complexity index is 446. The maximum absolute atomic E-state index is 10.8. The number of carboxylic acids is 1. The van der Waals surface area contributed by atoms with Gasteiger partial charge in [-0.25, -0.2) is 0 Å². The van der Waals surface area contributed by atoms with Crippen LogP contribution >= 0.6 is 11.6 Å². The number of aliphatic carboxylic acids is 1. The molecular weight excluding hydrogens is 254 g/mol. The van der Waals surface area contributed by atoms with E-state index in [4.69, 9.17) is 27.2 Å². The maximum Gasteiger partial charge on any atom is 0.320 e. The van der Waals surface area contributed by atoms with Crippen LogP contribution in [0.5, 0.6) is 5.75 Å². The van der Waals surface area contributed by atoms with Crippen molar-refractivity contribution < 1.29 is 14.6 Å². The number of rotatable bonds is 5. The highest BCUT2D eigenvalue weighted by atomic mass is 35.5. The predicted octanol–water partition coefficient (Wildman–Crippen LogP) is 2.23. The van der Waals surface area contributed by atoms with E-state index in [1.807, 2.05) is 0 Å². The van der Waals surface area contributed by atoms with Gasteiger partial charge < -0.3 is 15.6 Å². The summed E-state index contributed by atoms with van der Waals surface area (Å²) < 4.78 is 5.81. The molecule has 1 aliphatic carbocycles. The second-order valence-corrected chi connectivity index (χ2v) is 5.01. The lowest BCUT2D eigenvalue weighted by Gasteiger charge is -2.27. The minimum Gasteiger partial charge on any atom is -0.490 e. The molecule has 0 radical (unpaired) electrons. The molecule has 1 saturated carbocycles. The second kappa shape index (κ2) is 5.59. The molecule has 1 aromatic carbocycles. The highest BCUT2D eigenvalue weighted by Gasteiger charge is 2.22. The van der Waals surface area contributed by atoms with E-state index in [9.17, 15) is 4.79 Å². The Morgan fingerprint density at radius 3 is 2.83 bits per heavy atom. The van der Waals surface area contributed by atoms with Crippen molar-refractivity contribution in [1.29, 1.82) is 0 Å². The molecule has 0 spiro atoms. The normalized spacial score (nSPS) is 17.0. The van der Waals surface area contributed by atoms with E-state index in [-0.39, 0.29) is 12.5 Å². The first-order chi connectivity index (χ1) is 8.56. The number of hydrogen-bond donors (Lipinski definition) is 2. The Morgan fingerprint density at radius 2 is 2.28 bits per heavy atom. The van der Waals surface area contributed by atoms with Crippen LogP contribution in [0, 0.1) is 0 Å². The average Bonchev–Trinajstić information content (AvgIpc) is 2.25. The third-order valence-corrected chi connectivity index (χ3v) is 3.36. The van der Waals surface area contributed by atoms with Gasteiger partial charge in [-0.2, -0.15) is 0 Å². The van der Waals surface area contributed by atoms with Crippen molar-refractivity contribution in [3.63, 3.8) is 0 Å². The van der Waals surface area contributed by atoms with Crippen LogP contribution in [0.3, 0.4) is 0 Å². The van der Waals surface area contributed by atoms with E-state index in [2.05, 4.69) is 0 Å². The van der Waals surface area contributed by atoms with Crippen LogP contribution in [-0.4, -0.2) is 23.2 Å². The highest BCUT2D eigenvalue weighted by Crippen LogP contribution is 2.30. The number of hydrogen-bond acceptors (Lipinski definition) is 3. The number of nitrogens with two attached hydrogens (primary N) is 1. The van der Waals surface area contributed by atoms with Crippen LogP contribution in [0.4, 0.5) is 0 Å². The molecule has 1 aliphatic rings. The molecule has 3 N–H and O–H groups in total. The molecule has 0 heterocycles. The number of halogens is 1. The smallest absolute Gasteiger partial charge is 0.320 e. The van der Waals surface area contributed by atoms with Gasteiger partial charge in [0.1, 0.15) is 11.8 Å². The Morgan fingerprint density at radius 1 is 1.56 bits per heavy atom. The molecule has 18 heavy (non-hydrogen) atoms. The molecule has 98 valence electrons. The van der Waals surface area contributed by atoms with Crippen LogP contribution in [0.15, 0.2) is 18.2 Å². The minimum atomic E-state index is -1.02. The van der Waals surface area contributed by atoms with E-state index in [0.29, 0.717) is 10.8 Å². The van der Waals surface area contributed by atoms with Crippen molar-refractivity contribution in [2.75, 3.05) is 0 Å². The summed E-state index contributed by atoms with van der Waals surface area (Å²) in [5.74, 6) is -0.328. The van der Waals surface area contributed by atoms with Crippen molar-refractivity contribution in [1.82, 2.24) is 0 Å². The summed E-state index contributed by atoms with van der Waals surface area (Å²) in [5.41, 5.74) is 6.30. The molecule has 2 rings (SSSR count). The van der Waals surface area contributed by atoms with Gasteiger partial charge in [0, 0.05) is 11.4 Å². The number of carbonyl (C=O) groups is 1. The third kappa shape index (κ3) is 3.15. The lowest BCUT2D eigenvalue weighted by molar-refractivity contribution is -0.138. The predicted molar refractivity (Wildman–Crippen MR) is 69.0 cm³/mol. The van der Waals surface area contributed by atoms with Gasteiger partial charge in [-0.1, -0.05) is 11.6 Å². The Kier molecular flexibility index (Phi) is 4.09. The molecule has 0 bridgehead atoms. The first kappa shape index (κ1) is 13.2. The Hall–Kier alpha value is -1.26. The number of ether oxygens (including phenoxy) is 1. The van der Waals surface area contributed by atoms with E-state index >= 15 is 0 Å². The van der Waals surface area contributed by atoms with E-state index in [1.165, 1.54) is 6.42 Å². The molecular formula is C13H16ClNO3. The molecule has 1 atom stereocenters. The summed E-state index contributed by atoms with van der Waals surface area (Å²) in [5, 5.41) is 9.40. The summed E-state index contributed by atoms with van der Waals surface area (Å²) in [7, 11) is 0. The lowest BCUT2D eigenvalue weighted by Crippen LogP contribution is -2.32. The van der Waals surface area contributed by atoms with E-state index in [1.54, 1.807) is 18.2 Å². The largest absolute Gasteiger partial charge is 0.490 e. The molecule has 0 saturated heterocycles. The van der Waals surface area contributed by atoms with Crippen molar-refractivity contribution >= 4 is 17.6 Å². The van der Waals surface area contributed by atoms with E-state index < -0.39 is 12.0 Å².